The molecule has 190 valence electrons. The molecule has 0 aliphatic rings. The van der Waals surface area contributed by atoms with Crippen LogP contribution in [0.1, 0.15) is 37.6 Å². The Bertz CT molecular complexity index is 1370. The second-order valence-electron chi connectivity index (χ2n) is 8.67. The maximum atomic E-state index is 14.6. The number of nitrogens with one attached hydrogen (secondary N) is 2. The van der Waals surface area contributed by atoms with Gasteiger partial charge in [0.1, 0.15) is 11.5 Å². The van der Waals surface area contributed by atoms with Crippen molar-refractivity contribution in [2.45, 2.75) is 38.7 Å². The minimum Gasteiger partial charge on any atom is -0.345 e. The molecule has 36 heavy (non-hydrogen) atoms. The van der Waals surface area contributed by atoms with Gasteiger partial charge < -0.3 is 19.8 Å². The Morgan fingerprint density at radius 1 is 1.25 bits per heavy atom. The number of hydrogen-bond donors (Lipinski definition) is 2. The van der Waals surface area contributed by atoms with Gasteiger partial charge in [-0.25, -0.2) is 4.98 Å². The maximum Gasteiger partial charge on any atom is 0.296 e. The molecule has 3 rings (SSSR count). The monoisotopic (exact) mass is 497 g/mol. The van der Waals surface area contributed by atoms with E-state index in [-0.39, 0.29) is 47.1 Å². The van der Waals surface area contributed by atoms with Gasteiger partial charge in [0.2, 0.25) is 11.8 Å². The number of allylic oxidation sites excluding steroid dienone is 2. The molecular formula is C26H29F2N5O3. The fraction of sp³-hybridized carbons (Fsp3) is 0.308. The van der Waals surface area contributed by atoms with Gasteiger partial charge in [0.25, 0.3) is 11.5 Å². The van der Waals surface area contributed by atoms with Crippen LogP contribution in [0, 0.1) is 0 Å². The van der Waals surface area contributed by atoms with Gasteiger partial charge in [-0.3, -0.25) is 14.4 Å². The van der Waals surface area contributed by atoms with Gasteiger partial charge >= 0.3 is 0 Å². The lowest BCUT2D eigenvalue weighted by Crippen LogP contribution is -2.26. The van der Waals surface area contributed by atoms with Gasteiger partial charge in [-0.05, 0) is 49.6 Å². The van der Waals surface area contributed by atoms with Gasteiger partial charge in [0.05, 0.1) is 23.1 Å². The highest BCUT2D eigenvalue weighted by molar-refractivity contribution is 5.90. The molecular weight excluding hydrogens is 468 g/mol. The normalized spacial score (nSPS) is 11.7. The van der Waals surface area contributed by atoms with Crippen molar-refractivity contribution in [2.75, 3.05) is 19.4 Å². The van der Waals surface area contributed by atoms with E-state index in [9.17, 15) is 23.2 Å². The molecule has 2 aromatic heterocycles. The lowest BCUT2D eigenvalue weighted by molar-refractivity contribution is -0.123. The number of aromatic nitrogens is 3. The molecule has 2 amide bonds. The number of unbranched alkanes of at least 4 members (excludes halogenated alkanes) is 1. The van der Waals surface area contributed by atoms with E-state index < -0.39 is 11.5 Å². The van der Waals surface area contributed by atoms with Gasteiger partial charge in [-0.1, -0.05) is 24.8 Å². The van der Waals surface area contributed by atoms with Crippen molar-refractivity contribution in [3.05, 3.63) is 82.6 Å². The van der Waals surface area contributed by atoms with Gasteiger partial charge in [0, 0.05) is 26.7 Å². The molecule has 2 heterocycles. The number of halogens is 2. The van der Waals surface area contributed by atoms with Crippen LogP contribution in [0.5, 0.6) is 0 Å². The number of likely N-dealkylation sites (N-methyl/N-ethyl adjacent to an activating group) is 1. The van der Waals surface area contributed by atoms with Crippen LogP contribution in [0.15, 0.2) is 65.6 Å². The summed E-state index contributed by atoms with van der Waals surface area (Å²) >= 11 is 0. The molecule has 0 saturated heterocycles. The number of aromatic amines is 1. The van der Waals surface area contributed by atoms with Crippen molar-refractivity contribution in [3.8, 4) is 0 Å². The topological polar surface area (TPSA) is 100 Å². The van der Waals surface area contributed by atoms with Gasteiger partial charge in [-0.2, -0.15) is 8.78 Å². The molecule has 1 aromatic carbocycles. The number of hydrogen-bond acceptors (Lipinski definition) is 4. The number of H-pyrrole nitrogens is 1. The summed E-state index contributed by atoms with van der Waals surface area (Å²) in [6, 6.07) is 7.55. The van der Waals surface area contributed by atoms with E-state index in [1.165, 1.54) is 46.9 Å². The number of carbonyl (C=O) groups is 2. The molecule has 0 saturated carbocycles. The summed E-state index contributed by atoms with van der Waals surface area (Å²) in [6.45, 7) is 4.64. The van der Waals surface area contributed by atoms with Crippen LogP contribution in [0.4, 0.5) is 14.5 Å². The maximum absolute atomic E-state index is 14.6. The molecule has 0 spiro atoms. The fourth-order valence-corrected chi connectivity index (χ4v) is 3.49. The lowest BCUT2D eigenvalue weighted by Gasteiger charge is -2.16. The van der Waals surface area contributed by atoms with Crippen LogP contribution in [0.25, 0.3) is 11.0 Å². The molecule has 0 bridgehead atoms. The molecule has 0 aliphatic heterocycles. The van der Waals surface area contributed by atoms with E-state index in [1.54, 1.807) is 32.3 Å². The number of fused-ring (bicyclic) bond motifs is 1. The zero-order valence-electron chi connectivity index (χ0n) is 20.5. The van der Waals surface area contributed by atoms with Crippen molar-refractivity contribution < 1.29 is 18.4 Å². The zero-order valence-corrected chi connectivity index (χ0v) is 20.5. The number of rotatable bonds is 10. The number of para-hydroxylation sites is 1. The first kappa shape index (κ1) is 26.5. The summed E-state index contributed by atoms with van der Waals surface area (Å²) in [4.78, 5) is 45.4. The Morgan fingerprint density at radius 3 is 2.69 bits per heavy atom. The Balaban J connectivity index is 1.69. The van der Waals surface area contributed by atoms with E-state index in [0.717, 1.165) is 0 Å². The average molecular weight is 498 g/mol. The van der Waals surface area contributed by atoms with E-state index in [1.807, 2.05) is 0 Å². The summed E-state index contributed by atoms with van der Waals surface area (Å²) in [6.07, 6.45) is 5.93. The van der Waals surface area contributed by atoms with Crippen LogP contribution in [-0.4, -0.2) is 45.3 Å². The molecule has 10 heteroatoms. The SMILES string of the molecule is C=C(C)C(F)(F)c1cccc2[nH]c(Cn3cccc(NC(=O)CCC/C=C/C(=O)N(C)C)c3=O)nc12. The molecule has 3 aromatic rings. The fourth-order valence-electron chi connectivity index (χ4n) is 3.49. The minimum atomic E-state index is -3.25. The van der Waals surface area contributed by atoms with Gasteiger partial charge in [0.15, 0.2) is 0 Å². The molecule has 8 nitrogen and oxygen atoms in total. The molecule has 2 N–H and O–H groups in total. The molecule has 0 fully saturated rings. The smallest absolute Gasteiger partial charge is 0.296 e. The third kappa shape index (κ3) is 6.12. The van der Waals surface area contributed by atoms with Crippen LogP contribution in [0.3, 0.4) is 0 Å². The number of carbonyl (C=O) groups excluding carboxylic acids is 2. The van der Waals surface area contributed by atoms with E-state index in [2.05, 4.69) is 21.9 Å². The highest BCUT2D eigenvalue weighted by Gasteiger charge is 2.35. The van der Waals surface area contributed by atoms with Crippen molar-refractivity contribution in [3.63, 3.8) is 0 Å². The number of alkyl halides is 2. The number of amides is 2. The number of benzene rings is 1. The van der Waals surface area contributed by atoms with Crippen LogP contribution < -0.4 is 10.9 Å². The second kappa shape index (κ2) is 11.1. The Kier molecular flexibility index (Phi) is 8.18. The largest absolute Gasteiger partial charge is 0.345 e. The van der Waals surface area contributed by atoms with Crippen molar-refractivity contribution >= 4 is 28.5 Å². The molecule has 0 atom stereocenters. The van der Waals surface area contributed by atoms with Gasteiger partial charge in [-0.15, -0.1) is 0 Å². The lowest BCUT2D eigenvalue weighted by atomic mass is 10.0. The molecule has 0 aliphatic carbocycles. The molecule has 0 unspecified atom stereocenters. The van der Waals surface area contributed by atoms with Crippen LogP contribution >= 0.6 is 0 Å². The third-order valence-electron chi connectivity index (χ3n) is 5.53. The number of imidazole rings is 1. The Hall–Kier alpha value is -4.08. The minimum absolute atomic E-state index is 0.00000483. The van der Waals surface area contributed by atoms with E-state index in [4.69, 9.17) is 0 Å². The van der Waals surface area contributed by atoms with Crippen LogP contribution in [-0.2, 0) is 22.1 Å². The third-order valence-corrected chi connectivity index (χ3v) is 5.53. The first-order valence-corrected chi connectivity index (χ1v) is 11.4. The quantitative estimate of drug-likeness (QED) is 0.249. The van der Waals surface area contributed by atoms with E-state index >= 15 is 0 Å². The first-order chi connectivity index (χ1) is 17.0. The average Bonchev–Trinajstić information content (AvgIpc) is 3.23. The van der Waals surface area contributed by atoms with E-state index in [0.29, 0.717) is 24.2 Å². The highest BCUT2D eigenvalue weighted by Crippen LogP contribution is 2.37. The highest BCUT2D eigenvalue weighted by atomic mass is 19.3. The summed E-state index contributed by atoms with van der Waals surface area (Å²) < 4.78 is 30.6. The summed E-state index contributed by atoms with van der Waals surface area (Å²) in [5.74, 6) is -3.38. The second-order valence-corrected chi connectivity index (χ2v) is 8.67. The van der Waals surface area contributed by atoms with Crippen molar-refractivity contribution in [2.24, 2.45) is 0 Å². The zero-order chi connectivity index (χ0) is 26.5. The summed E-state index contributed by atoms with van der Waals surface area (Å²) in [7, 11) is 3.31. The van der Waals surface area contributed by atoms with Crippen molar-refractivity contribution in [1.82, 2.24) is 19.4 Å². The standard InChI is InChI=1S/C26H29F2N5O3/c1-17(2)26(27,28)18-10-8-11-19-24(18)31-21(29-19)16-33-15-9-12-20(25(33)36)30-22(34)13-6-5-7-14-23(35)32(3)4/h7-12,14-15H,1,5-6,13,16H2,2-4H3,(H,29,31)(H,30,34)/b14-7+. The summed E-state index contributed by atoms with van der Waals surface area (Å²) in [5.41, 5.74) is -0.370. The number of anilines is 1. The Labute approximate surface area is 207 Å². The van der Waals surface area contributed by atoms with Crippen molar-refractivity contribution in [1.29, 1.82) is 0 Å². The first-order valence-electron chi connectivity index (χ1n) is 11.4. The summed E-state index contributed by atoms with van der Waals surface area (Å²) in [5, 5.41) is 2.61. The number of pyridine rings is 1. The van der Waals surface area contributed by atoms with Crippen LogP contribution in [0.2, 0.25) is 0 Å². The predicted octanol–water partition coefficient (Wildman–Crippen LogP) is 4.19. The molecule has 0 radical (unpaired) electrons. The predicted molar refractivity (Wildman–Crippen MR) is 135 cm³/mol. The Morgan fingerprint density at radius 2 is 2.00 bits per heavy atom. The number of nitrogens with zero attached hydrogens (tertiary/aromatic N) is 3.